The highest BCUT2D eigenvalue weighted by molar-refractivity contribution is 6.36. The number of rotatable bonds is 4. The molecule has 0 radical (unpaired) electrons. The third kappa shape index (κ3) is 5.01. The number of hydrogen-bond donors (Lipinski definition) is 0. The summed E-state index contributed by atoms with van der Waals surface area (Å²) in [6.07, 6.45) is 4.93. The van der Waals surface area contributed by atoms with Gasteiger partial charge in [0.05, 0.1) is 11.1 Å². The first kappa shape index (κ1) is 24.4. The SMILES string of the molecule is Cc1cc(C(/C=C/c2ccc(Cl)cc2Cl)=C2\C(=O)OC(=O)\C2=C\c2ccc(Cl)cc2Cl)c(C)o1. The van der Waals surface area contributed by atoms with Gasteiger partial charge in [0.25, 0.3) is 0 Å². The molecule has 4 rings (SSSR count). The molecule has 0 atom stereocenters. The first-order valence-corrected chi connectivity index (χ1v) is 11.5. The predicted octanol–water partition coefficient (Wildman–Crippen LogP) is 8.14. The largest absolute Gasteiger partial charge is 0.466 e. The van der Waals surface area contributed by atoms with Crippen molar-refractivity contribution < 1.29 is 18.7 Å². The molecule has 0 bridgehead atoms. The van der Waals surface area contributed by atoms with Crippen LogP contribution in [-0.2, 0) is 14.3 Å². The molecule has 2 aromatic carbocycles. The number of esters is 2. The third-order valence-corrected chi connectivity index (χ3v) is 6.26. The van der Waals surface area contributed by atoms with Gasteiger partial charge >= 0.3 is 11.9 Å². The summed E-state index contributed by atoms with van der Waals surface area (Å²) in [7, 11) is 0. The van der Waals surface area contributed by atoms with Crippen molar-refractivity contribution >= 4 is 76.1 Å². The van der Waals surface area contributed by atoms with E-state index in [2.05, 4.69) is 0 Å². The fraction of sp³-hybridized carbons (Fsp3) is 0.0769. The van der Waals surface area contributed by atoms with Gasteiger partial charge < -0.3 is 9.15 Å². The van der Waals surface area contributed by atoms with Crippen molar-refractivity contribution in [3.63, 3.8) is 0 Å². The van der Waals surface area contributed by atoms with E-state index in [0.717, 1.165) is 0 Å². The zero-order valence-corrected chi connectivity index (χ0v) is 20.9. The Morgan fingerprint density at radius 3 is 2.00 bits per heavy atom. The molecule has 1 aliphatic heterocycles. The monoisotopic (exact) mass is 532 g/mol. The Morgan fingerprint density at radius 1 is 0.824 bits per heavy atom. The molecule has 34 heavy (non-hydrogen) atoms. The molecule has 0 aliphatic carbocycles. The van der Waals surface area contributed by atoms with Crippen molar-refractivity contribution in [2.75, 3.05) is 0 Å². The van der Waals surface area contributed by atoms with E-state index in [1.165, 1.54) is 6.08 Å². The molecule has 0 unspecified atom stereocenters. The maximum Gasteiger partial charge on any atom is 0.347 e. The molecule has 1 fully saturated rings. The number of hydrogen-bond acceptors (Lipinski definition) is 4. The van der Waals surface area contributed by atoms with Gasteiger partial charge in [0.2, 0.25) is 0 Å². The summed E-state index contributed by atoms with van der Waals surface area (Å²) in [5, 5.41) is 1.70. The van der Waals surface area contributed by atoms with Crippen molar-refractivity contribution in [3.8, 4) is 0 Å². The van der Waals surface area contributed by atoms with E-state index in [1.807, 2.05) is 0 Å². The van der Waals surface area contributed by atoms with Crippen molar-refractivity contribution in [1.29, 1.82) is 0 Å². The molecule has 0 spiro atoms. The molecule has 0 N–H and O–H groups in total. The standard InChI is InChI=1S/C26H16Cl4O4/c1-13-9-20(14(2)33-13)19(8-5-15-3-6-17(27)11-22(15)29)24-21(25(31)34-26(24)32)10-16-4-7-18(28)12-23(16)30/h3-12H,1-2H3/b8-5+,21-10+,24-19-. The highest BCUT2D eigenvalue weighted by Gasteiger charge is 2.36. The number of halogens is 4. The average molecular weight is 534 g/mol. The number of benzene rings is 2. The molecule has 1 saturated heterocycles. The van der Waals surface area contributed by atoms with Crippen molar-refractivity contribution in [2.24, 2.45) is 0 Å². The highest BCUT2D eigenvalue weighted by Crippen LogP contribution is 2.37. The Morgan fingerprint density at radius 2 is 1.44 bits per heavy atom. The average Bonchev–Trinajstić information content (AvgIpc) is 3.23. The molecule has 1 aliphatic rings. The predicted molar refractivity (Wildman–Crippen MR) is 136 cm³/mol. The molecule has 0 saturated carbocycles. The van der Waals surface area contributed by atoms with Crippen LogP contribution >= 0.6 is 46.4 Å². The van der Waals surface area contributed by atoms with E-state index >= 15 is 0 Å². The Kier molecular flexibility index (Phi) is 7.06. The molecule has 0 amide bonds. The molecule has 3 aromatic rings. The molecular formula is C26H16Cl4O4. The van der Waals surface area contributed by atoms with Gasteiger partial charge in [-0.3, -0.25) is 0 Å². The smallest absolute Gasteiger partial charge is 0.347 e. The van der Waals surface area contributed by atoms with Crippen LogP contribution in [0.1, 0.15) is 28.2 Å². The van der Waals surface area contributed by atoms with Crippen LogP contribution in [0, 0.1) is 13.8 Å². The summed E-state index contributed by atoms with van der Waals surface area (Å²) in [5.74, 6) is -0.337. The maximum absolute atomic E-state index is 12.9. The third-order valence-electron chi connectivity index (χ3n) is 5.13. The van der Waals surface area contributed by atoms with Crippen LogP contribution in [0.15, 0.2) is 64.1 Å². The number of allylic oxidation sites excluding steroid dienone is 2. The summed E-state index contributed by atoms with van der Waals surface area (Å²) >= 11 is 24.6. The number of carbonyl (C=O) groups is 2. The van der Waals surface area contributed by atoms with Gasteiger partial charge in [-0.15, -0.1) is 0 Å². The second-order valence-corrected chi connectivity index (χ2v) is 9.20. The van der Waals surface area contributed by atoms with Crippen LogP contribution in [-0.4, -0.2) is 11.9 Å². The summed E-state index contributed by atoms with van der Waals surface area (Å²) in [6, 6.07) is 11.7. The minimum Gasteiger partial charge on any atom is -0.466 e. The van der Waals surface area contributed by atoms with E-state index in [4.69, 9.17) is 55.6 Å². The fourth-order valence-corrected chi connectivity index (χ4v) is 4.51. The Labute approximate surface area is 216 Å². The van der Waals surface area contributed by atoms with Gasteiger partial charge in [0.15, 0.2) is 0 Å². The first-order chi connectivity index (χ1) is 16.1. The summed E-state index contributed by atoms with van der Waals surface area (Å²) in [6.45, 7) is 3.56. The van der Waals surface area contributed by atoms with Crippen LogP contribution in [0.2, 0.25) is 20.1 Å². The van der Waals surface area contributed by atoms with Crippen LogP contribution in [0.4, 0.5) is 0 Å². The zero-order chi connectivity index (χ0) is 24.6. The lowest BCUT2D eigenvalue weighted by atomic mass is 9.93. The minimum absolute atomic E-state index is 0.0642. The number of ether oxygens (including phenoxy) is 1. The topological polar surface area (TPSA) is 56.5 Å². The lowest BCUT2D eigenvalue weighted by Gasteiger charge is -2.07. The second kappa shape index (κ2) is 9.85. The highest BCUT2D eigenvalue weighted by atomic mass is 35.5. The molecule has 8 heteroatoms. The molecule has 2 heterocycles. The minimum atomic E-state index is -0.778. The summed E-state index contributed by atoms with van der Waals surface area (Å²) < 4.78 is 10.7. The summed E-state index contributed by atoms with van der Waals surface area (Å²) in [4.78, 5) is 25.5. The van der Waals surface area contributed by atoms with Gasteiger partial charge in [0.1, 0.15) is 11.5 Å². The zero-order valence-electron chi connectivity index (χ0n) is 17.9. The fourth-order valence-electron chi connectivity index (χ4n) is 3.58. The summed E-state index contributed by atoms with van der Waals surface area (Å²) in [5.41, 5.74) is 2.40. The second-order valence-electron chi connectivity index (χ2n) is 7.52. The van der Waals surface area contributed by atoms with E-state index in [0.29, 0.717) is 53.9 Å². The van der Waals surface area contributed by atoms with Gasteiger partial charge in [-0.2, -0.15) is 0 Å². The van der Waals surface area contributed by atoms with Crippen LogP contribution in [0.25, 0.3) is 17.7 Å². The number of carbonyl (C=O) groups excluding carboxylic acids is 2. The normalized spacial score (nSPS) is 16.6. The lowest BCUT2D eigenvalue weighted by molar-refractivity contribution is -0.149. The van der Waals surface area contributed by atoms with E-state index in [1.54, 1.807) is 68.5 Å². The Hall–Kier alpha value is -2.76. The van der Waals surface area contributed by atoms with Gasteiger partial charge in [-0.05, 0) is 61.4 Å². The van der Waals surface area contributed by atoms with Crippen molar-refractivity contribution in [3.05, 3.63) is 108 Å². The van der Waals surface area contributed by atoms with E-state index < -0.39 is 11.9 Å². The Balaban J connectivity index is 1.95. The maximum atomic E-state index is 12.9. The van der Waals surface area contributed by atoms with Crippen molar-refractivity contribution in [1.82, 2.24) is 0 Å². The molecule has 4 nitrogen and oxygen atoms in total. The van der Waals surface area contributed by atoms with E-state index in [9.17, 15) is 9.59 Å². The molecule has 1 aromatic heterocycles. The Bertz CT molecular complexity index is 1430. The number of furan rings is 1. The van der Waals surface area contributed by atoms with Gasteiger partial charge in [0, 0.05) is 31.2 Å². The van der Waals surface area contributed by atoms with Crippen LogP contribution in [0.5, 0.6) is 0 Å². The molecule has 172 valence electrons. The molecular weight excluding hydrogens is 518 g/mol. The quantitative estimate of drug-likeness (QED) is 0.193. The van der Waals surface area contributed by atoms with Gasteiger partial charge in [-0.25, -0.2) is 9.59 Å². The first-order valence-electron chi connectivity index (χ1n) is 10.0. The number of aryl methyl sites for hydroxylation is 2. The van der Waals surface area contributed by atoms with Crippen LogP contribution in [0.3, 0.4) is 0 Å². The lowest BCUT2D eigenvalue weighted by Crippen LogP contribution is -2.00. The van der Waals surface area contributed by atoms with E-state index in [-0.39, 0.29) is 11.1 Å². The number of cyclic esters (lactones) is 2. The van der Waals surface area contributed by atoms with Crippen molar-refractivity contribution in [2.45, 2.75) is 13.8 Å². The van der Waals surface area contributed by atoms with Gasteiger partial charge in [-0.1, -0.05) is 70.7 Å². The van der Waals surface area contributed by atoms with Crippen LogP contribution < -0.4 is 0 Å².